The van der Waals surface area contributed by atoms with Gasteiger partial charge in [-0.3, -0.25) is 19.5 Å². The third kappa shape index (κ3) is 6.39. The van der Waals surface area contributed by atoms with Gasteiger partial charge in [0.15, 0.2) is 0 Å². The summed E-state index contributed by atoms with van der Waals surface area (Å²) in [6, 6.07) is 24.1. The average Bonchev–Trinajstić information content (AvgIpc) is 3.36. The first kappa shape index (κ1) is 26.5. The molecule has 1 aromatic heterocycles. The lowest BCUT2D eigenvalue weighted by Gasteiger charge is -2.24. The van der Waals surface area contributed by atoms with Crippen molar-refractivity contribution in [2.24, 2.45) is 5.92 Å². The van der Waals surface area contributed by atoms with Gasteiger partial charge in [-0.2, -0.15) is 0 Å². The third-order valence-electron chi connectivity index (χ3n) is 5.92. The van der Waals surface area contributed by atoms with E-state index in [1.807, 2.05) is 79.2 Å². The fraction of sp³-hybridized carbons (Fsp3) is 0.233. The summed E-state index contributed by atoms with van der Waals surface area (Å²) >= 11 is 0. The highest BCUT2D eigenvalue weighted by atomic mass is 16.5. The fourth-order valence-electron chi connectivity index (χ4n) is 4.07. The molecule has 0 unspecified atom stereocenters. The molecule has 0 bridgehead atoms. The number of hydrogen-bond donors (Lipinski definition) is 1. The molecule has 2 amide bonds. The lowest BCUT2D eigenvalue weighted by Crippen LogP contribution is -2.40. The molecule has 8 nitrogen and oxygen atoms in total. The van der Waals surface area contributed by atoms with Crippen LogP contribution in [0.15, 0.2) is 85.1 Å². The van der Waals surface area contributed by atoms with E-state index in [-0.39, 0.29) is 24.3 Å². The van der Waals surface area contributed by atoms with Crippen molar-refractivity contribution in [3.05, 3.63) is 90.6 Å². The number of hydrogen-bond acceptors (Lipinski definition) is 5. The Hall–Kier alpha value is -4.59. The van der Waals surface area contributed by atoms with Crippen LogP contribution in [0.2, 0.25) is 0 Å². The Morgan fingerprint density at radius 2 is 1.50 bits per heavy atom. The summed E-state index contributed by atoms with van der Waals surface area (Å²) in [5.41, 5.74) is 2.94. The Balaban J connectivity index is 1.60. The summed E-state index contributed by atoms with van der Waals surface area (Å²) < 4.78 is 12.3. The highest BCUT2D eigenvalue weighted by Gasteiger charge is 2.22. The summed E-state index contributed by atoms with van der Waals surface area (Å²) in [5.74, 6) is 1.36. The molecule has 0 atom stereocenters. The van der Waals surface area contributed by atoms with Crippen molar-refractivity contribution in [2.75, 3.05) is 32.6 Å². The van der Waals surface area contributed by atoms with Gasteiger partial charge in [-0.05, 0) is 54.4 Å². The molecule has 0 spiro atoms. The zero-order chi connectivity index (χ0) is 27.1. The molecule has 1 heterocycles. The van der Waals surface area contributed by atoms with Crippen LogP contribution in [-0.2, 0) is 4.79 Å². The SMILES string of the molecule is COc1ccc(C(=O)N(CC(=O)Nc2nc(-c3ccccc3)cn2-c2ccc(OC)cc2)CC(C)C)cc1. The molecule has 8 heteroatoms. The number of ether oxygens (including phenoxy) is 2. The number of carbonyl (C=O) groups excluding carboxylic acids is 2. The smallest absolute Gasteiger partial charge is 0.254 e. The molecule has 0 saturated carbocycles. The van der Waals surface area contributed by atoms with Gasteiger partial charge in [0.25, 0.3) is 5.91 Å². The van der Waals surface area contributed by atoms with Gasteiger partial charge in [0.1, 0.15) is 18.0 Å². The lowest BCUT2D eigenvalue weighted by molar-refractivity contribution is -0.117. The molecule has 0 saturated heterocycles. The molecule has 0 aliphatic heterocycles. The Morgan fingerprint density at radius 1 is 0.895 bits per heavy atom. The maximum Gasteiger partial charge on any atom is 0.254 e. The van der Waals surface area contributed by atoms with Crippen LogP contribution in [-0.4, -0.2) is 53.6 Å². The van der Waals surface area contributed by atoms with Crippen molar-refractivity contribution >= 4 is 17.8 Å². The van der Waals surface area contributed by atoms with Crippen LogP contribution in [0, 0.1) is 5.92 Å². The number of aromatic nitrogens is 2. The van der Waals surface area contributed by atoms with Gasteiger partial charge in [0, 0.05) is 29.6 Å². The van der Waals surface area contributed by atoms with E-state index in [0.29, 0.717) is 29.5 Å². The fourth-order valence-corrected chi connectivity index (χ4v) is 4.07. The van der Waals surface area contributed by atoms with Crippen LogP contribution in [0.5, 0.6) is 11.5 Å². The monoisotopic (exact) mass is 512 g/mol. The number of methoxy groups -OCH3 is 2. The minimum atomic E-state index is -0.340. The lowest BCUT2D eigenvalue weighted by atomic mass is 10.1. The number of rotatable bonds is 10. The Morgan fingerprint density at radius 3 is 2.08 bits per heavy atom. The third-order valence-corrected chi connectivity index (χ3v) is 5.92. The number of imidazole rings is 1. The maximum atomic E-state index is 13.3. The number of nitrogens with one attached hydrogen (secondary N) is 1. The minimum absolute atomic E-state index is 0.112. The van der Waals surface area contributed by atoms with Crippen LogP contribution >= 0.6 is 0 Å². The van der Waals surface area contributed by atoms with Crippen LogP contribution in [0.1, 0.15) is 24.2 Å². The quantitative estimate of drug-likeness (QED) is 0.312. The first-order valence-electron chi connectivity index (χ1n) is 12.4. The van der Waals surface area contributed by atoms with Crippen molar-refractivity contribution in [1.82, 2.24) is 14.5 Å². The number of nitrogens with zero attached hydrogens (tertiary/aromatic N) is 3. The molecule has 4 rings (SSSR count). The van der Waals surface area contributed by atoms with Crippen molar-refractivity contribution in [3.8, 4) is 28.4 Å². The minimum Gasteiger partial charge on any atom is -0.497 e. The summed E-state index contributed by atoms with van der Waals surface area (Å²) in [6.07, 6.45) is 1.88. The molecule has 1 N–H and O–H groups in total. The first-order chi connectivity index (χ1) is 18.4. The second kappa shape index (κ2) is 12.1. The summed E-state index contributed by atoms with van der Waals surface area (Å²) in [7, 11) is 3.19. The Bertz CT molecular complexity index is 1360. The summed E-state index contributed by atoms with van der Waals surface area (Å²) in [4.78, 5) is 32.8. The summed E-state index contributed by atoms with van der Waals surface area (Å²) in [5, 5.41) is 2.92. The number of benzene rings is 3. The molecule has 4 aromatic rings. The van der Waals surface area contributed by atoms with Crippen LogP contribution in [0.4, 0.5) is 5.95 Å². The van der Waals surface area contributed by atoms with Gasteiger partial charge >= 0.3 is 0 Å². The Kier molecular flexibility index (Phi) is 8.43. The second-order valence-corrected chi connectivity index (χ2v) is 9.24. The highest BCUT2D eigenvalue weighted by molar-refractivity contribution is 5.99. The van der Waals surface area contributed by atoms with Gasteiger partial charge in [0.2, 0.25) is 11.9 Å². The van der Waals surface area contributed by atoms with Gasteiger partial charge < -0.3 is 14.4 Å². The molecule has 38 heavy (non-hydrogen) atoms. The number of amides is 2. The van der Waals surface area contributed by atoms with E-state index in [0.717, 1.165) is 17.0 Å². The van der Waals surface area contributed by atoms with Gasteiger partial charge in [-0.15, -0.1) is 0 Å². The molecule has 0 aliphatic rings. The molecule has 3 aromatic carbocycles. The maximum absolute atomic E-state index is 13.3. The standard InChI is InChI=1S/C30H32N4O4/c1-21(2)18-33(29(36)23-10-14-25(37-3)15-11-23)20-28(35)32-30-31-27(22-8-6-5-7-9-22)19-34(30)24-12-16-26(38-4)17-13-24/h5-17,19,21H,18,20H2,1-4H3,(H,31,32,35). The van der Waals surface area contributed by atoms with Crippen molar-refractivity contribution in [2.45, 2.75) is 13.8 Å². The Labute approximate surface area is 222 Å². The molecule has 0 aliphatic carbocycles. The molecule has 0 fully saturated rings. The molecule has 0 radical (unpaired) electrons. The molecule has 196 valence electrons. The topological polar surface area (TPSA) is 85.7 Å². The molecular formula is C30H32N4O4. The van der Waals surface area contributed by atoms with E-state index in [1.54, 1.807) is 43.4 Å². The van der Waals surface area contributed by atoms with Gasteiger partial charge in [-0.25, -0.2) is 4.98 Å². The van der Waals surface area contributed by atoms with E-state index in [2.05, 4.69) is 5.32 Å². The van der Waals surface area contributed by atoms with Gasteiger partial charge in [-0.1, -0.05) is 44.2 Å². The normalized spacial score (nSPS) is 10.8. The van der Waals surface area contributed by atoms with E-state index >= 15 is 0 Å². The zero-order valence-electron chi connectivity index (χ0n) is 22.0. The zero-order valence-corrected chi connectivity index (χ0v) is 22.0. The predicted octanol–water partition coefficient (Wildman–Crippen LogP) is 5.29. The molecular weight excluding hydrogens is 480 g/mol. The highest BCUT2D eigenvalue weighted by Crippen LogP contribution is 2.25. The van der Waals surface area contributed by atoms with Crippen molar-refractivity contribution in [3.63, 3.8) is 0 Å². The predicted molar refractivity (Wildman–Crippen MR) is 148 cm³/mol. The first-order valence-corrected chi connectivity index (χ1v) is 12.4. The van der Waals surface area contributed by atoms with Crippen LogP contribution < -0.4 is 14.8 Å². The summed E-state index contributed by atoms with van der Waals surface area (Å²) in [6.45, 7) is 4.34. The van der Waals surface area contributed by atoms with Crippen LogP contribution in [0.3, 0.4) is 0 Å². The number of carbonyl (C=O) groups is 2. The largest absolute Gasteiger partial charge is 0.497 e. The van der Waals surface area contributed by atoms with Gasteiger partial charge in [0.05, 0.1) is 19.9 Å². The van der Waals surface area contributed by atoms with Crippen LogP contribution in [0.25, 0.3) is 16.9 Å². The van der Waals surface area contributed by atoms with Crippen molar-refractivity contribution < 1.29 is 19.1 Å². The average molecular weight is 513 g/mol. The number of anilines is 1. The van der Waals surface area contributed by atoms with E-state index in [1.165, 1.54) is 0 Å². The van der Waals surface area contributed by atoms with E-state index in [9.17, 15) is 9.59 Å². The van der Waals surface area contributed by atoms with Crippen molar-refractivity contribution in [1.29, 1.82) is 0 Å². The van der Waals surface area contributed by atoms with E-state index < -0.39 is 0 Å². The second-order valence-electron chi connectivity index (χ2n) is 9.24. The van der Waals surface area contributed by atoms with E-state index in [4.69, 9.17) is 14.5 Å².